The van der Waals surface area contributed by atoms with Crippen LogP contribution in [0.2, 0.25) is 0 Å². The van der Waals surface area contributed by atoms with Crippen molar-refractivity contribution >= 4 is 23.5 Å². The normalized spacial score (nSPS) is 23.1. The molecule has 0 aliphatic heterocycles. The molecule has 1 aliphatic rings. The van der Waals surface area contributed by atoms with Crippen LogP contribution < -0.4 is 10.6 Å². The zero-order valence-corrected chi connectivity index (χ0v) is 11.6. The van der Waals surface area contributed by atoms with Crippen molar-refractivity contribution in [3.05, 3.63) is 12.0 Å². The Hall–Kier alpha value is -1.04. The Morgan fingerprint density at radius 1 is 1.50 bits per heavy atom. The lowest BCUT2D eigenvalue weighted by molar-refractivity contribution is 0.610. The summed E-state index contributed by atoms with van der Waals surface area (Å²) >= 11 is 1.88. The van der Waals surface area contributed by atoms with Gasteiger partial charge >= 0.3 is 0 Å². The molecule has 0 spiro atoms. The number of halogens is 1. The smallest absolute Gasteiger partial charge is 0.224 e. The van der Waals surface area contributed by atoms with Crippen molar-refractivity contribution in [3.63, 3.8) is 0 Å². The highest BCUT2D eigenvalue weighted by Gasteiger charge is 2.24. The van der Waals surface area contributed by atoms with E-state index in [1.54, 1.807) is 0 Å². The molecule has 6 heteroatoms. The molecule has 2 N–H and O–H groups in total. The summed E-state index contributed by atoms with van der Waals surface area (Å²) in [7, 11) is 0. The molecule has 1 saturated carbocycles. The standard InChI is InChI=1S/C12H19FN4S/c1-3-14-12-15-7-10(13)11(17-12)16-8-4-5-9(6-8)18-2/h7-9H,3-6H2,1-2H3,(H2,14,15,16,17). The van der Waals surface area contributed by atoms with Gasteiger partial charge in [-0.1, -0.05) is 0 Å². The maximum absolute atomic E-state index is 13.6. The second-order valence-electron chi connectivity index (χ2n) is 4.43. The van der Waals surface area contributed by atoms with E-state index >= 15 is 0 Å². The van der Waals surface area contributed by atoms with Gasteiger partial charge in [-0.15, -0.1) is 0 Å². The van der Waals surface area contributed by atoms with Gasteiger partial charge in [-0.05, 0) is 32.4 Å². The number of anilines is 2. The Morgan fingerprint density at radius 3 is 3.00 bits per heavy atom. The molecule has 0 bridgehead atoms. The zero-order valence-electron chi connectivity index (χ0n) is 10.7. The summed E-state index contributed by atoms with van der Waals surface area (Å²) in [6.45, 7) is 2.68. The number of hydrogen-bond donors (Lipinski definition) is 2. The topological polar surface area (TPSA) is 49.8 Å². The van der Waals surface area contributed by atoms with Crippen LogP contribution in [0.1, 0.15) is 26.2 Å². The fourth-order valence-electron chi connectivity index (χ4n) is 2.19. The zero-order chi connectivity index (χ0) is 13.0. The molecule has 1 aromatic rings. The maximum atomic E-state index is 13.6. The fourth-order valence-corrected chi connectivity index (χ4v) is 2.99. The molecule has 0 amide bonds. The van der Waals surface area contributed by atoms with Crippen LogP contribution in [-0.2, 0) is 0 Å². The number of thioether (sulfide) groups is 1. The van der Waals surface area contributed by atoms with Gasteiger partial charge in [0.2, 0.25) is 5.95 Å². The highest BCUT2D eigenvalue weighted by Crippen LogP contribution is 2.30. The van der Waals surface area contributed by atoms with Crippen LogP contribution in [-0.4, -0.2) is 34.1 Å². The van der Waals surface area contributed by atoms with Gasteiger partial charge in [-0.25, -0.2) is 9.37 Å². The monoisotopic (exact) mass is 270 g/mol. The Balaban J connectivity index is 2.02. The lowest BCUT2D eigenvalue weighted by Gasteiger charge is -2.14. The highest BCUT2D eigenvalue weighted by atomic mass is 32.2. The van der Waals surface area contributed by atoms with Crippen LogP contribution in [0.3, 0.4) is 0 Å². The van der Waals surface area contributed by atoms with Crippen molar-refractivity contribution in [1.29, 1.82) is 0 Å². The maximum Gasteiger partial charge on any atom is 0.224 e. The third-order valence-corrected chi connectivity index (χ3v) is 4.23. The van der Waals surface area contributed by atoms with Crippen molar-refractivity contribution < 1.29 is 4.39 Å². The average molecular weight is 270 g/mol. The van der Waals surface area contributed by atoms with Crippen LogP contribution in [0.25, 0.3) is 0 Å². The Labute approximate surface area is 111 Å². The molecule has 1 aliphatic carbocycles. The first kappa shape index (κ1) is 13.4. The van der Waals surface area contributed by atoms with E-state index in [0.29, 0.717) is 23.1 Å². The predicted molar refractivity (Wildman–Crippen MR) is 74.7 cm³/mol. The minimum absolute atomic E-state index is 0.313. The number of rotatable bonds is 5. The predicted octanol–water partition coefficient (Wildman–Crippen LogP) is 2.74. The second-order valence-corrected chi connectivity index (χ2v) is 5.57. The first-order valence-corrected chi connectivity index (χ1v) is 7.57. The molecule has 18 heavy (non-hydrogen) atoms. The van der Waals surface area contributed by atoms with Crippen LogP contribution in [0.4, 0.5) is 16.2 Å². The molecule has 100 valence electrons. The lowest BCUT2D eigenvalue weighted by Crippen LogP contribution is -2.18. The molecule has 2 unspecified atom stereocenters. The van der Waals surface area contributed by atoms with E-state index < -0.39 is 0 Å². The van der Waals surface area contributed by atoms with Gasteiger partial charge in [0, 0.05) is 17.8 Å². The minimum Gasteiger partial charge on any atom is -0.365 e. The number of nitrogens with zero attached hydrogens (tertiary/aromatic N) is 2. The van der Waals surface area contributed by atoms with Crippen LogP contribution in [0.15, 0.2) is 6.20 Å². The van der Waals surface area contributed by atoms with Gasteiger partial charge in [0.15, 0.2) is 11.6 Å². The molecule has 0 radical (unpaired) electrons. The Kier molecular flexibility index (Phi) is 4.63. The molecule has 4 nitrogen and oxygen atoms in total. The summed E-state index contributed by atoms with van der Waals surface area (Å²) in [4.78, 5) is 8.05. The molecular formula is C12H19FN4S. The number of aromatic nitrogens is 2. The summed E-state index contributed by atoms with van der Waals surface area (Å²) in [5.41, 5.74) is 0. The fraction of sp³-hybridized carbons (Fsp3) is 0.667. The van der Waals surface area contributed by atoms with Crippen LogP contribution >= 0.6 is 11.8 Å². The summed E-state index contributed by atoms with van der Waals surface area (Å²) in [6.07, 6.45) is 6.67. The molecule has 2 atom stereocenters. The van der Waals surface area contributed by atoms with Crippen molar-refractivity contribution in [2.75, 3.05) is 23.4 Å². The van der Waals surface area contributed by atoms with E-state index in [1.807, 2.05) is 18.7 Å². The number of hydrogen-bond acceptors (Lipinski definition) is 5. The molecule has 1 aromatic heterocycles. The molecule has 0 aromatic carbocycles. The summed E-state index contributed by atoms with van der Waals surface area (Å²) < 4.78 is 13.6. The van der Waals surface area contributed by atoms with Crippen molar-refractivity contribution in [2.24, 2.45) is 0 Å². The molecule has 0 saturated heterocycles. The van der Waals surface area contributed by atoms with Crippen molar-refractivity contribution in [1.82, 2.24) is 9.97 Å². The van der Waals surface area contributed by atoms with Gasteiger partial charge in [-0.3, -0.25) is 0 Å². The third kappa shape index (κ3) is 3.25. The third-order valence-electron chi connectivity index (χ3n) is 3.14. The van der Waals surface area contributed by atoms with Gasteiger partial charge in [-0.2, -0.15) is 16.7 Å². The van der Waals surface area contributed by atoms with Crippen molar-refractivity contribution in [3.8, 4) is 0 Å². The van der Waals surface area contributed by atoms with E-state index in [9.17, 15) is 4.39 Å². The van der Waals surface area contributed by atoms with E-state index in [0.717, 1.165) is 19.4 Å². The quantitative estimate of drug-likeness (QED) is 0.861. The van der Waals surface area contributed by atoms with E-state index in [4.69, 9.17) is 0 Å². The Morgan fingerprint density at radius 2 is 2.33 bits per heavy atom. The molecule has 1 heterocycles. The van der Waals surface area contributed by atoms with Gasteiger partial charge in [0.1, 0.15) is 0 Å². The van der Waals surface area contributed by atoms with Crippen LogP contribution in [0.5, 0.6) is 0 Å². The van der Waals surface area contributed by atoms with Gasteiger partial charge < -0.3 is 10.6 Å². The molecular weight excluding hydrogens is 251 g/mol. The summed E-state index contributed by atoms with van der Waals surface area (Å²) in [5.74, 6) is 0.401. The van der Waals surface area contributed by atoms with Gasteiger partial charge in [0.25, 0.3) is 0 Å². The SMILES string of the molecule is CCNc1ncc(F)c(NC2CCC(SC)C2)n1. The summed E-state index contributed by atoms with van der Waals surface area (Å²) in [6, 6.07) is 0.321. The largest absolute Gasteiger partial charge is 0.365 e. The van der Waals surface area contributed by atoms with Crippen molar-refractivity contribution in [2.45, 2.75) is 37.5 Å². The lowest BCUT2D eigenvalue weighted by atomic mass is 10.2. The van der Waals surface area contributed by atoms with Gasteiger partial charge in [0.05, 0.1) is 6.20 Å². The molecule has 2 rings (SSSR count). The van der Waals surface area contributed by atoms with Crippen LogP contribution in [0, 0.1) is 5.82 Å². The summed E-state index contributed by atoms with van der Waals surface area (Å²) in [5, 5.41) is 6.86. The second kappa shape index (κ2) is 6.22. The molecule has 1 fully saturated rings. The van der Waals surface area contributed by atoms with E-state index in [2.05, 4.69) is 26.9 Å². The highest BCUT2D eigenvalue weighted by molar-refractivity contribution is 7.99. The Bertz CT molecular complexity index is 402. The van der Waals surface area contributed by atoms with E-state index in [1.165, 1.54) is 12.6 Å². The first-order valence-electron chi connectivity index (χ1n) is 6.28. The first-order chi connectivity index (χ1) is 8.72. The minimum atomic E-state index is -0.385. The average Bonchev–Trinajstić information content (AvgIpc) is 2.81. The van der Waals surface area contributed by atoms with E-state index in [-0.39, 0.29) is 5.82 Å². The number of nitrogens with one attached hydrogen (secondary N) is 2.